The number of hydrogen-bond donors (Lipinski definition) is 0. The van der Waals surface area contributed by atoms with E-state index in [1.807, 2.05) is 6.20 Å². The molecule has 2 nitrogen and oxygen atoms in total. The molecule has 4 heteroatoms. The maximum Gasteiger partial charge on any atom is 0.133 e. The predicted molar refractivity (Wildman–Crippen MR) is 85.9 cm³/mol. The van der Waals surface area contributed by atoms with Gasteiger partial charge in [-0.3, -0.25) is 0 Å². The molecule has 2 rings (SSSR count). The van der Waals surface area contributed by atoms with Gasteiger partial charge in [-0.2, -0.15) is 0 Å². The number of pyridine rings is 1. The highest BCUT2D eigenvalue weighted by Gasteiger charge is 2.29. The summed E-state index contributed by atoms with van der Waals surface area (Å²) < 4.78 is 0.991. The van der Waals surface area contributed by atoms with E-state index < -0.39 is 0 Å². The van der Waals surface area contributed by atoms with Crippen LogP contribution in [0.3, 0.4) is 0 Å². The van der Waals surface area contributed by atoms with Gasteiger partial charge in [0.2, 0.25) is 0 Å². The second kappa shape index (κ2) is 6.01. The molecule has 19 heavy (non-hydrogen) atoms. The Hall–Kier alpha value is -0.280. The maximum atomic E-state index is 6.04. The first-order valence-electron chi connectivity index (χ1n) is 6.86. The maximum absolute atomic E-state index is 6.04. The van der Waals surface area contributed by atoms with Gasteiger partial charge in [-0.1, -0.05) is 13.8 Å². The molecule has 0 N–H and O–H groups in total. The van der Waals surface area contributed by atoms with Crippen LogP contribution >= 0.6 is 27.5 Å². The third-order valence-electron chi connectivity index (χ3n) is 4.24. The fraction of sp³-hybridized carbons (Fsp3) is 0.667. The molecule has 1 aromatic rings. The summed E-state index contributed by atoms with van der Waals surface area (Å²) in [4.78, 5) is 6.87. The van der Waals surface area contributed by atoms with Gasteiger partial charge in [0.15, 0.2) is 0 Å². The van der Waals surface area contributed by atoms with Crippen LogP contribution in [0.1, 0.15) is 45.1 Å². The fourth-order valence-corrected chi connectivity index (χ4v) is 3.41. The quantitative estimate of drug-likeness (QED) is 0.718. The first kappa shape index (κ1) is 15.1. The largest absolute Gasteiger partial charge is 0.356 e. The molecule has 0 aliphatic heterocycles. The lowest BCUT2D eigenvalue weighted by Crippen LogP contribution is -2.38. The van der Waals surface area contributed by atoms with Crippen molar-refractivity contribution in [3.63, 3.8) is 0 Å². The van der Waals surface area contributed by atoms with E-state index in [1.165, 1.54) is 25.7 Å². The zero-order valence-electron chi connectivity index (χ0n) is 11.9. The second-order valence-corrected chi connectivity index (χ2v) is 7.46. The monoisotopic (exact) mass is 344 g/mol. The molecular formula is C15H22BrClN2. The van der Waals surface area contributed by atoms with Crippen molar-refractivity contribution in [2.75, 3.05) is 11.9 Å². The SMILES string of the molecule is CN(c1ncc(Br)cc1CCl)C1CCC(C)(C)CC1. The third-order valence-corrected chi connectivity index (χ3v) is 4.97. The van der Waals surface area contributed by atoms with Gasteiger partial charge >= 0.3 is 0 Å². The van der Waals surface area contributed by atoms with Crippen LogP contribution in [-0.2, 0) is 5.88 Å². The summed E-state index contributed by atoms with van der Waals surface area (Å²) in [5.74, 6) is 1.53. The summed E-state index contributed by atoms with van der Waals surface area (Å²) in [6.07, 6.45) is 6.91. The molecule has 0 atom stereocenters. The Labute approximate surface area is 129 Å². The van der Waals surface area contributed by atoms with E-state index in [4.69, 9.17) is 11.6 Å². The fourth-order valence-electron chi connectivity index (χ4n) is 2.83. The Morgan fingerprint density at radius 3 is 2.63 bits per heavy atom. The molecule has 1 heterocycles. The number of nitrogens with zero attached hydrogens (tertiary/aromatic N) is 2. The van der Waals surface area contributed by atoms with Gasteiger partial charge in [0.25, 0.3) is 0 Å². The van der Waals surface area contributed by atoms with E-state index in [1.54, 1.807) is 0 Å². The molecule has 0 spiro atoms. The molecule has 106 valence electrons. The van der Waals surface area contributed by atoms with Crippen LogP contribution in [0.5, 0.6) is 0 Å². The zero-order chi connectivity index (χ0) is 14.0. The van der Waals surface area contributed by atoms with Gasteiger partial charge in [0.1, 0.15) is 5.82 Å². The Bertz CT molecular complexity index is 438. The van der Waals surface area contributed by atoms with Crippen LogP contribution in [0, 0.1) is 5.41 Å². The van der Waals surface area contributed by atoms with Crippen LogP contribution in [0.2, 0.25) is 0 Å². The van der Waals surface area contributed by atoms with Crippen LogP contribution in [0.4, 0.5) is 5.82 Å². The van der Waals surface area contributed by atoms with Crippen LogP contribution in [0.15, 0.2) is 16.7 Å². The van der Waals surface area contributed by atoms with Crippen LogP contribution < -0.4 is 4.90 Å². The molecule has 1 aliphatic carbocycles. The Balaban J connectivity index is 2.14. The lowest BCUT2D eigenvalue weighted by molar-refractivity contribution is 0.222. The van der Waals surface area contributed by atoms with Crippen molar-refractivity contribution in [2.45, 2.75) is 51.5 Å². The highest BCUT2D eigenvalue weighted by Crippen LogP contribution is 2.38. The van der Waals surface area contributed by atoms with Crippen molar-refractivity contribution >= 4 is 33.3 Å². The van der Waals surface area contributed by atoms with E-state index in [0.717, 1.165) is 15.9 Å². The van der Waals surface area contributed by atoms with Gasteiger partial charge in [0.05, 0.1) is 5.88 Å². The van der Waals surface area contributed by atoms with Gasteiger partial charge in [-0.05, 0) is 53.1 Å². The molecule has 1 saturated carbocycles. The van der Waals surface area contributed by atoms with Crippen LogP contribution in [0.25, 0.3) is 0 Å². The van der Waals surface area contributed by atoms with Gasteiger partial charge in [-0.25, -0.2) is 4.98 Å². The summed E-state index contributed by atoms with van der Waals surface area (Å²) in [6.45, 7) is 4.73. The van der Waals surface area contributed by atoms with E-state index in [9.17, 15) is 0 Å². The molecule has 0 aromatic carbocycles. The van der Waals surface area contributed by atoms with E-state index in [-0.39, 0.29) is 0 Å². The van der Waals surface area contributed by atoms with Crippen molar-refractivity contribution in [1.29, 1.82) is 0 Å². The van der Waals surface area contributed by atoms with Crippen molar-refractivity contribution in [3.05, 3.63) is 22.3 Å². The first-order chi connectivity index (χ1) is 8.93. The molecule has 1 aromatic heterocycles. The Kier molecular flexibility index (Phi) is 4.78. The number of halogens is 2. The van der Waals surface area contributed by atoms with Gasteiger partial charge in [-0.15, -0.1) is 11.6 Å². The van der Waals surface area contributed by atoms with Gasteiger partial charge < -0.3 is 4.90 Å². The minimum atomic E-state index is 0.500. The highest BCUT2D eigenvalue weighted by molar-refractivity contribution is 9.10. The standard InChI is InChI=1S/C15H22BrClN2/c1-15(2)6-4-13(5-7-15)19(3)14-11(9-17)8-12(16)10-18-14/h8,10,13H,4-7,9H2,1-3H3. The average Bonchev–Trinajstić information content (AvgIpc) is 2.37. The molecular weight excluding hydrogens is 324 g/mol. The third kappa shape index (κ3) is 3.63. The molecule has 0 unspecified atom stereocenters. The number of anilines is 1. The zero-order valence-corrected chi connectivity index (χ0v) is 14.3. The summed E-state index contributed by atoms with van der Waals surface area (Å²) in [7, 11) is 2.15. The Morgan fingerprint density at radius 1 is 1.42 bits per heavy atom. The molecule has 0 bridgehead atoms. The van der Waals surface area contributed by atoms with E-state index in [2.05, 4.69) is 52.8 Å². The first-order valence-corrected chi connectivity index (χ1v) is 8.19. The Morgan fingerprint density at radius 2 is 2.05 bits per heavy atom. The van der Waals surface area contributed by atoms with Gasteiger partial charge in [0, 0.05) is 29.3 Å². The van der Waals surface area contributed by atoms with Crippen molar-refractivity contribution < 1.29 is 0 Å². The summed E-state index contributed by atoms with van der Waals surface area (Å²) in [6, 6.07) is 2.65. The summed E-state index contributed by atoms with van der Waals surface area (Å²) >= 11 is 9.50. The highest BCUT2D eigenvalue weighted by atomic mass is 79.9. The topological polar surface area (TPSA) is 16.1 Å². The summed E-state index contributed by atoms with van der Waals surface area (Å²) in [5, 5.41) is 0. The van der Waals surface area contributed by atoms with E-state index >= 15 is 0 Å². The second-order valence-electron chi connectivity index (χ2n) is 6.28. The lowest BCUT2D eigenvalue weighted by atomic mass is 9.75. The minimum Gasteiger partial charge on any atom is -0.356 e. The molecule has 0 amide bonds. The molecule has 0 saturated heterocycles. The predicted octanol–water partition coefficient (Wildman–Crippen LogP) is 4.99. The smallest absolute Gasteiger partial charge is 0.133 e. The number of rotatable bonds is 3. The number of hydrogen-bond acceptors (Lipinski definition) is 2. The molecule has 1 aliphatic rings. The van der Waals surface area contributed by atoms with Crippen molar-refractivity contribution in [2.24, 2.45) is 5.41 Å². The normalized spacial score (nSPS) is 19.4. The lowest BCUT2D eigenvalue weighted by Gasteiger charge is -2.39. The summed E-state index contributed by atoms with van der Waals surface area (Å²) in [5.41, 5.74) is 1.60. The molecule has 0 radical (unpaired) electrons. The van der Waals surface area contributed by atoms with Crippen molar-refractivity contribution in [1.82, 2.24) is 4.98 Å². The van der Waals surface area contributed by atoms with Crippen LogP contribution in [-0.4, -0.2) is 18.1 Å². The number of alkyl halides is 1. The number of aromatic nitrogens is 1. The molecule has 1 fully saturated rings. The average molecular weight is 346 g/mol. The van der Waals surface area contributed by atoms with E-state index in [0.29, 0.717) is 17.3 Å². The minimum absolute atomic E-state index is 0.500. The van der Waals surface area contributed by atoms with Crippen molar-refractivity contribution in [3.8, 4) is 0 Å².